The van der Waals surface area contributed by atoms with E-state index < -0.39 is 6.04 Å². The van der Waals surface area contributed by atoms with E-state index in [-0.39, 0.29) is 42.5 Å². The number of nitrogen functional groups attached to an aromatic ring is 1. The van der Waals surface area contributed by atoms with E-state index in [0.717, 1.165) is 43.6 Å². The highest BCUT2D eigenvalue weighted by molar-refractivity contribution is 9.11. The number of benzene rings is 2. The number of anilines is 2. The normalized spacial score (nSPS) is 18.8. The fraction of sp³-hybridized carbons (Fsp3) is 0.529. The van der Waals surface area contributed by atoms with Gasteiger partial charge in [-0.2, -0.15) is 0 Å². The number of piperidine rings is 2. The number of para-hydroxylation sites is 1. The number of ketones is 1. The lowest BCUT2D eigenvalue weighted by Gasteiger charge is -2.39. The van der Waals surface area contributed by atoms with Crippen LogP contribution in [-0.2, 0) is 16.0 Å². The molecule has 3 aliphatic heterocycles. The van der Waals surface area contributed by atoms with Crippen molar-refractivity contribution in [3.8, 4) is 0 Å². The largest absolute Gasteiger partial charge is 0.397 e. The summed E-state index contributed by atoms with van der Waals surface area (Å²) in [5.41, 5.74) is 8.84. The van der Waals surface area contributed by atoms with Crippen LogP contribution in [0.3, 0.4) is 0 Å². The molecule has 4 N–H and O–H groups in total. The zero-order chi connectivity index (χ0) is 33.7. The molecule has 13 heteroatoms. The first-order valence-corrected chi connectivity index (χ1v) is 18.0. The summed E-state index contributed by atoms with van der Waals surface area (Å²) >= 11 is 6.79. The van der Waals surface area contributed by atoms with Gasteiger partial charge in [0.1, 0.15) is 6.04 Å². The fourth-order valence-corrected chi connectivity index (χ4v) is 7.98. The number of Topliss-reactive ketones (excluding diaryl/α,β-unsaturated/α-hetero) is 1. The number of hydrogen-bond donors (Lipinski definition) is 3. The molecule has 0 spiro atoms. The van der Waals surface area contributed by atoms with Crippen molar-refractivity contribution in [2.75, 3.05) is 64.4 Å². The molecule has 2 aromatic carbocycles. The molecule has 2 saturated heterocycles. The predicted octanol–water partition coefficient (Wildman–Crippen LogP) is 4.35. The first-order valence-electron chi connectivity index (χ1n) is 16.4. The Bertz CT molecular complexity index is 1450. The van der Waals surface area contributed by atoms with Crippen molar-refractivity contribution in [3.63, 3.8) is 0 Å². The fourth-order valence-electron chi connectivity index (χ4n) is 6.79. The number of carbonyl (C=O) groups is 4. The zero-order valence-electron chi connectivity index (χ0n) is 27.1. The van der Waals surface area contributed by atoms with Crippen molar-refractivity contribution in [2.24, 2.45) is 0 Å². The molecule has 0 radical (unpaired) electrons. The van der Waals surface area contributed by atoms with Gasteiger partial charge in [0.2, 0.25) is 11.8 Å². The minimum Gasteiger partial charge on any atom is -0.397 e. The molecule has 1 atom stereocenters. The number of fused-ring (bicyclic) bond motifs is 1. The third kappa shape index (κ3) is 8.92. The van der Waals surface area contributed by atoms with E-state index in [4.69, 9.17) is 5.73 Å². The van der Waals surface area contributed by atoms with Crippen LogP contribution < -0.4 is 16.4 Å². The monoisotopic (exact) mass is 773 g/mol. The molecule has 3 aliphatic rings. The minimum absolute atomic E-state index is 0.0100. The van der Waals surface area contributed by atoms with E-state index in [1.165, 1.54) is 0 Å². The van der Waals surface area contributed by atoms with Gasteiger partial charge in [0.05, 0.1) is 5.69 Å². The second-order valence-electron chi connectivity index (χ2n) is 13.0. The standard InChI is InChI=1S/C34H45Br2N7O4/c1-40(2)24-8-13-41(14-9-24)15-12-31(45)38-29(21-30(44)23-19-26(35)32(37)27(36)20-23)33(46)42-16-10-25(11-17-42)43-18-7-22-5-3-4-6-28(22)39-34(43)47/h3-6,19-20,24-25,29H,7-18,21,37H2,1-2H3,(H,38,45)(H,39,47)/t29-/m0/s1. The summed E-state index contributed by atoms with van der Waals surface area (Å²) in [5, 5.41) is 5.95. The van der Waals surface area contributed by atoms with Crippen molar-refractivity contribution < 1.29 is 19.2 Å². The summed E-state index contributed by atoms with van der Waals surface area (Å²) in [6, 6.07) is 10.5. The summed E-state index contributed by atoms with van der Waals surface area (Å²) in [6.07, 6.45) is 4.18. The van der Waals surface area contributed by atoms with E-state index in [1.54, 1.807) is 17.0 Å². The maximum Gasteiger partial charge on any atom is 0.322 e. The molecule has 11 nitrogen and oxygen atoms in total. The maximum atomic E-state index is 14.0. The molecule has 2 aromatic rings. The lowest BCUT2D eigenvalue weighted by molar-refractivity contribution is -0.137. The second-order valence-corrected chi connectivity index (χ2v) is 14.7. The number of likely N-dealkylation sites (tertiary alicyclic amines) is 2. The molecular weight excluding hydrogens is 730 g/mol. The summed E-state index contributed by atoms with van der Waals surface area (Å²) in [4.78, 5) is 61.9. The van der Waals surface area contributed by atoms with Gasteiger partial charge in [0.25, 0.3) is 0 Å². The Kier molecular flexibility index (Phi) is 12.0. The van der Waals surface area contributed by atoms with Gasteiger partial charge in [-0.25, -0.2) is 4.79 Å². The van der Waals surface area contributed by atoms with Gasteiger partial charge in [0, 0.05) is 71.3 Å². The molecule has 0 saturated carbocycles. The van der Waals surface area contributed by atoms with E-state index in [1.807, 2.05) is 29.2 Å². The summed E-state index contributed by atoms with van der Waals surface area (Å²) in [7, 11) is 4.20. The average molecular weight is 776 g/mol. The molecule has 254 valence electrons. The molecular formula is C34H45Br2N7O4. The van der Waals surface area contributed by atoms with Crippen LogP contribution in [0.5, 0.6) is 0 Å². The lowest BCUT2D eigenvalue weighted by Crippen LogP contribution is -2.55. The molecule has 47 heavy (non-hydrogen) atoms. The SMILES string of the molecule is CN(C)C1CCN(CCC(=O)N[C@@H](CC(=O)c2cc(Br)c(N)c(Br)c2)C(=O)N2CCC(N3CCc4ccccc4NC3=O)CC2)CC1. The minimum atomic E-state index is -1.00. The highest BCUT2D eigenvalue weighted by atomic mass is 79.9. The molecule has 5 rings (SSSR count). The quantitative estimate of drug-likeness (QED) is 0.242. The Morgan fingerprint density at radius 2 is 1.66 bits per heavy atom. The van der Waals surface area contributed by atoms with Gasteiger partial charge in [-0.3, -0.25) is 14.4 Å². The lowest BCUT2D eigenvalue weighted by atomic mass is 9.99. The van der Waals surface area contributed by atoms with Gasteiger partial charge in [-0.15, -0.1) is 0 Å². The second kappa shape index (κ2) is 15.9. The third-order valence-electron chi connectivity index (χ3n) is 9.73. The topological polar surface area (TPSA) is 131 Å². The van der Waals surface area contributed by atoms with Crippen molar-refractivity contribution in [3.05, 3.63) is 56.5 Å². The number of urea groups is 1. The Morgan fingerprint density at radius 1 is 1.00 bits per heavy atom. The predicted molar refractivity (Wildman–Crippen MR) is 190 cm³/mol. The molecule has 0 aromatic heterocycles. The third-order valence-corrected chi connectivity index (χ3v) is 11.0. The Hall–Kier alpha value is -3.00. The summed E-state index contributed by atoms with van der Waals surface area (Å²) in [6.45, 7) is 3.92. The van der Waals surface area contributed by atoms with Crippen LogP contribution in [-0.4, -0.2) is 115 Å². The number of rotatable bonds is 10. The van der Waals surface area contributed by atoms with Gasteiger partial charge >= 0.3 is 6.03 Å². The van der Waals surface area contributed by atoms with Gasteiger partial charge in [0.15, 0.2) is 5.78 Å². The van der Waals surface area contributed by atoms with Crippen molar-refractivity contribution in [2.45, 2.75) is 63.1 Å². The van der Waals surface area contributed by atoms with Crippen LogP contribution in [0.4, 0.5) is 16.2 Å². The summed E-state index contributed by atoms with van der Waals surface area (Å²) in [5.74, 6) is -0.800. The molecule has 0 unspecified atom stereocenters. The number of nitrogens with two attached hydrogens (primary N) is 1. The molecule has 4 amide bonds. The molecule has 0 aliphatic carbocycles. The smallest absolute Gasteiger partial charge is 0.322 e. The number of nitrogens with zero attached hydrogens (tertiary/aromatic N) is 4. The number of amides is 4. The van der Waals surface area contributed by atoms with E-state index in [2.05, 4.69) is 66.4 Å². The van der Waals surface area contributed by atoms with Crippen LogP contribution in [0.25, 0.3) is 0 Å². The number of nitrogens with one attached hydrogen (secondary N) is 2. The van der Waals surface area contributed by atoms with E-state index in [9.17, 15) is 19.2 Å². The van der Waals surface area contributed by atoms with Crippen LogP contribution in [0.1, 0.15) is 54.4 Å². The van der Waals surface area contributed by atoms with Crippen molar-refractivity contribution >= 4 is 66.9 Å². The van der Waals surface area contributed by atoms with Gasteiger partial charge in [-0.1, -0.05) is 18.2 Å². The number of hydrogen-bond acceptors (Lipinski definition) is 7. The van der Waals surface area contributed by atoms with Crippen LogP contribution in [0, 0.1) is 0 Å². The van der Waals surface area contributed by atoms with Crippen LogP contribution in [0.15, 0.2) is 45.3 Å². The Morgan fingerprint density at radius 3 is 2.32 bits per heavy atom. The van der Waals surface area contributed by atoms with E-state index >= 15 is 0 Å². The maximum absolute atomic E-state index is 14.0. The first-order chi connectivity index (χ1) is 22.5. The molecule has 2 fully saturated rings. The van der Waals surface area contributed by atoms with Gasteiger partial charge < -0.3 is 36.0 Å². The number of halogens is 2. The average Bonchev–Trinajstić information content (AvgIpc) is 3.23. The molecule has 0 bridgehead atoms. The van der Waals surface area contributed by atoms with Crippen LogP contribution in [0.2, 0.25) is 0 Å². The van der Waals surface area contributed by atoms with Crippen molar-refractivity contribution in [1.82, 2.24) is 24.9 Å². The molecule has 3 heterocycles. The highest BCUT2D eigenvalue weighted by Gasteiger charge is 2.35. The number of carbonyl (C=O) groups excluding carboxylic acids is 4. The Balaban J connectivity index is 1.22. The Labute approximate surface area is 293 Å². The van der Waals surface area contributed by atoms with Crippen molar-refractivity contribution in [1.29, 1.82) is 0 Å². The highest BCUT2D eigenvalue weighted by Crippen LogP contribution is 2.30. The summed E-state index contributed by atoms with van der Waals surface area (Å²) < 4.78 is 1.14. The van der Waals surface area contributed by atoms with Crippen LogP contribution >= 0.6 is 31.9 Å². The first kappa shape index (κ1) is 35.3. The zero-order valence-corrected chi connectivity index (χ0v) is 30.3. The van der Waals surface area contributed by atoms with Gasteiger partial charge in [-0.05, 0) is 115 Å². The van der Waals surface area contributed by atoms with E-state index in [0.29, 0.717) is 65.3 Å².